The maximum atomic E-state index is 12.6. The number of ether oxygens (including phenoxy) is 1. The zero-order chi connectivity index (χ0) is 22.8. The monoisotopic (exact) mass is 463 g/mol. The number of anilines is 1. The van der Waals surface area contributed by atoms with E-state index in [0.29, 0.717) is 12.7 Å². The molecule has 6 nitrogen and oxygen atoms in total. The number of fused-ring (bicyclic) bond motifs is 1. The van der Waals surface area contributed by atoms with E-state index < -0.39 is 21.8 Å². The van der Waals surface area contributed by atoms with E-state index in [1.165, 1.54) is 29.8 Å². The van der Waals surface area contributed by atoms with Gasteiger partial charge in [0, 0.05) is 37.6 Å². The topological polar surface area (TPSA) is 71.5 Å². The number of nitrogens with zero attached hydrogens (tertiary/aromatic N) is 2. The first kappa shape index (κ1) is 22.1. The normalized spacial score (nSPS) is 13.8. The van der Waals surface area contributed by atoms with E-state index in [1.807, 2.05) is 18.2 Å². The number of pyridine rings is 1. The van der Waals surface area contributed by atoms with Crippen LogP contribution in [-0.4, -0.2) is 33.0 Å². The molecule has 0 atom stereocenters. The van der Waals surface area contributed by atoms with Crippen LogP contribution in [0.2, 0.25) is 0 Å². The van der Waals surface area contributed by atoms with Gasteiger partial charge in [-0.05, 0) is 48.4 Å². The van der Waals surface area contributed by atoms with Gasteiger partial charge in [-0.2, -0.15) is 13.2 Å². The summed E-state index contributed by atoms with van der Waals surface area (Å²) < 4.78 is 70.9. The van der Waals surface area contributed by atoms with Crippen LogP contribution in [0.1, 0.15) is 11.1 Å². The highest BCUT2D eigenvalue weighted by Crippen LogP contribution is 2.30. The predicted molar refractivity (Wildman–Crippen MR) is 113 cm³/mol. The van der Waals surface area contributed by atoms with Crippen molar-refractivity contribution < 1.29 is 26.3 Å². The summed E-state index contributed by atoms with van der Waals surface area (Å²) in [5, 5.41) is 0. The van der Waals surface area contributed by atoms with E-state index >= 15 is 0 Å². The van der Waals surface area contributed by atoms with Gasteiger partial charge in [0.15, 0.2) is 0 Å². The van der Waals surface area contributed by atoms with Gasteiger partial charge in [-0.3, -0.25) is 0 Å². The third-order valence-electron chi connectivity index (χ3n) is 5.08. The van der Waals surface area contributed by atoms with Crippen molar-refractivity contribution in [1.82, 2.24) is 9.71 Å². The molecule has 0 spiro atoms. The van der Waals surface area contributed by atoms with Gasteiger partial charge < -0.3 is 9.64 Å². The predicted octanol–water partition coefficient (Wildman–Crippen LogP) is 4.23. The Morgan fingerprint density at radius 1 is 1.03 bits per heavy atom. The number of alkyl halides is 3. The number of rotatable bonds is 7. The minimum atomic E-state index is -4.48. The van der Waals surface area contributed by atoms with Crippen LogP contribution < -0.4 is 14.4 Å². The molecule has 0 bridgehead atoms. The molecular formula is C22H20F3N3O3S. The Hall–Kier alpha value is -3.11. The molecule has 0 unspecified atom stereocenters. The summed E-state index contributed by atoms with van der Waals surface area (Å²) in [6.45, 7) is 1.66. The molecule has 168 valence electrons. The Balaban J connectivity index is 1.33. The van der Waals surface area contributed by atoms with Crippen molar-refractivity contribution >= 4 is 15.7 Å². The van der Waals surface area contributed by atoms with Crippen molar-refractivity contribution in [3.05, 3.63) is 78.0 Å². The van der Waals surface area contributed by atoms with Gasteiger partial charge in [0.1, 0.15) is 5.75 Å². The summed E-state index contributed by atoms with van der Waals surface area (Å²) in [5.74, 6) is 0.225. The zero-order valence-electron chi connectivity index (χ0n) is 16.8. The molecule has 1 N–H and O–H groups in total. The van der Waals surface area contributed by atoms with Crippen LogP contribution in [0, 0.1) is 0 Å². The Bertz CT molecular complexity index is 1180. The van der Waals surface area contributed by atoms with Crippen LogP contribution in [-0.2, 0) is 22.6 Å². The highest BCUT2D eigenvalue weighted by atomic mass is 32.2. The van der Waals surface area contributed by atoms with Gasteiger partial charge in [-0.25, -0.2) is 18.1 Å². The lowest BCUT2D eigenvalue weighted by molar-refractivity contribution is -0.137. The molecule has 0 saturated heterocycles. The zero-order valence-corrected chi connectivity index (χ0v) is 17.7. The number of para-hydroxylation sites is 1. The molecule has 1 aliphatic heterocycles. The number of nitrogens with one attached hydrogen (secondary N) is 1. The Kier molecular flexibility index (Phi) is 6.07. The fourth-order valence-corrected chi connectivity index (χ4v) is 4.47. The maximum absolute atomic E-state index is 12.6. The van der Waals surface area contributed by atoms with Crippen LogP contribution in [0.15, 0.2) is 71.8 Å². The van der Waals surface area contributed by atoms with Crippen LogP contribution in [0.25, 0.3) is 0 Å². The quantitative estimate of drug-likeness (QED) is 0.568. The van der Waals surface area contributed by atoms with Crippen LogP contribution in [0.5, 0.6) is 11.6 Å². The second kappa shape index (κ2) is 8.79. The molecule has 3 aromatic rings. The highest BCUT2D eigenvalue weighted by Gasteiger charge is 2.30. The molecule has 0 saturated carbocycles. The third-order valence-corrected chi connectivity index (χ3v) is 6.55. The fraction of sp³-hybridized carbons (Fsp3) is 0.227. The molecule has 32 heavy (non-hydrogen) atoms. The fourth-order valence-electron chi connectivity index (χ4n) is 3.45. The summed E-state index contributed by atoms with van der Waals surface area (Å²) in [4.78, 5) is 5.84. The van der Waals surface area contributed by atoms with Crippen molar-refractivity contribution in [3.8, 4) is 11.6 Å². The number of benzene rings is 2. The molecule has 4 rings (SSSR count). The van der Waals surface area contributed by atoms with Crippen molar-refractivity contribution in [3.63, 3.8) is 0 Å². The number of aromatic nitrogens is 1. The molecule has 1 aliphatic rings. The van der Waals surface area contributed by atoms with Crippen molar-refractivity contribution in [2.24, 2.45) is 0 Å². The highest BCUT2D eigenvalue weighted by molar-refractivity contribution is 7.89. The SMILES string of the molecule is O=S(=O)(NCCN1CCc2ccccc21)c1ccc(Oc2ccc(C(F)(F)F)cn2)cc1. The number of sulfonamides is 1. The van der Waals surface area contributed by atoms with Crippen molar-refractivity contribution in [2.75, 3.05) is 24.5 Å². The lowest BCUT2D eigenvalue weighted by Gasteiger charge is -2.19. The average molecular weight is 463 g/mol. The van der Waals surface area contributed by atoms with Gasteiger partial charge in [0.25, 0.3) is 0 Å². The van der Waals surface area contributed by atoms with Crippen LogP contribution >= 0.6 is 0 Å². The minimum absolute atomic E-state index is 0.0300. The van der Waals surface area contributed by atoms with Crippen molar-refractivity contribution in [1.29, 1.82) is 0 Å². The largest absolute Gasteiger partial charge is 0.439 e. The summed E-state index contributed by atoms with van der Waals surface area (Å²) in [6.07, 6.45) is -2.86. The summed E-state index contributed by atoms with van der Waals surface area (Å²) in [5.41, 5.74) is 1.51. The molecule has 1 aromatic heterocycles. The molecule has 0 amide bonds. The summed E-state index contributed by atoms with van der Waals surface area (Å²) in [6, 6.07) is 15.6. The summed E-state index contributed by atoms with van der Waals surface area (Å²) >= 11 is 0. The standard InChI is InChI=1S/C22H20F3N3O3S/c23-22(24,25)17-5-10-21(26-15-17)31-18-6-8-19(9-7-18)32(29,30)27-12-14-28-13-11-16-3-1-2-4-20(16)28/h1-10,15,27H,11-14H2. The minimum Gasteiger partial charge on any atom is -0.439 e. The second-order valence-electron chi connectivity index (χ2n) is 7.22. The number of hydrogen-bond acceptors (Lipinski definition) is 5. The first-order chi connectivity index (χ1) is 15.2. The van der Waals surface area contributed by atoms with E-state index in [0.717, 1.165) is 30.8 Å². The third kappa shape index (κ3) is 5.03. The van der Waals surface area contributed by atoms with Gasteiger partial charge in [0.2, 0.25) is 15.9 Å². The smallest absolute Gasteiger partial charge is 0.417 e. The van der Waals surface area contributed by atoms with Gasteiger partial charge in [-0.1, -0.05) is 18.2 Å². The maximum Gasteiger partial charge on any atom is 0.417 e. The van der Waals surface area contributed by atoms with E-state index in [2.05, 4.69) is 20.7 Å². The van der Waals surface area contributed by atoms with E-state index in [1.54, 1.807) is 0 Å². The van der Waals surface area contributed by atoms with Gasteiger partial charge in [-0.15, -0.1) is 0 Å². The first-order valence-corrected chi connectivity index (χ1v) is 11.3. The Morgan fingerprint density at radius 3 is 2.47 bits per heavy atom. The summed E-state index contributed by atoms with van der Waals surface area (Å²) in [7, 11) is -3.71. The Labute approximate surface area is 183 Å². The first-order valence-electron chi connectivity index (χ1n) is 9.86. The second-order valence-corrected chi connectivity index (χ2v) is 8.99. The number of halogens is 3. The van der Waals surface area contributed by atoms with E-state index in [-0.39, 0.29) is 23.1 Å². The van der Waals surface area contributed by atoms with E-state index in [4.69, 9.17) is 4.74 Å². The Morgan fingerprint density at radius 2 is 1.78 bits per heavy atom. The molecule has 0 aliphatic carbocycles. The van der Waals surface area contributed by atoms with Crippen molar-refractivity contribution in [2.45, 2.75) is 17.5 Å². The average Bonchev–Trinajstić information content (AvgIpc) is 3.17. The van der Waals surface area contributed by atoms with Gasteiger partial charge in [0.05, 0.1) is 10.5 Å². The number of hydrogen-bond donors (Lipinski definition) is 1. The van der Waals surface area contributed by atoms with Crippen LogP contribution in [0.3, 0.4) is 0 Å². The molecule has 10 heteroatoms. The molecule has 2 heterocycles. The molecule has 2 aromatic carbocycles. The van der Waals surface area contributed by atoms with Gasteiger partial charge >= 0.3 is 6.18 Å². The van der Waals surface area contributed by atoms with E-state index in [9.17, 15) is 21.6 Å². The molecule has 0 fully saturated rings. The lowest BCUT2D eigenvalue weighted by atomic mass is 10.2. The molecular weight excluding hydrogens is 443 g/mol. The lowest BCUT2D eigenvalue weighted by Crippen LogP contribution is -2.34. The van der Waals surface area contributed by atoms with Crippen LogP contribution in [0.4, 0.5) is 18.9 Å². The molecule has 0 radical (unpaired) electrons.